The molecule has 0 bridgehead atoms. The average molecular weight is 284 g/mol. The molecule has 4 rings (SSSR count). The summed E-state index contributed by atoms with van der Waals surface area (Å²) in [5, 5.41) is 2.99. The molecule has 0 radical (unpaired) electrons. The largest absolute Gasteiger partial charge is 0.342 e. The molecule has 2 heterocycles. The predicted molar refractivity (Wildman–Crippen MR) is 79.8 cm³/mol. The SMILES string of the molecule is O=C1Nc2ccccc2C1C1CCN(C(=O)C2CC2)CC1. The van der Waals surface area contributed by atoms with Gasteiger partial charge in [0.25, 0.3) is 0 Å². The first-order valence-corrected chi connectivity index (χ1v) is 7.92. The normalized spacial score (nSPS) is 25.6. The first kappa shape index (κ1) is 12.9. The molecule has 1 saturated carbocycles. The maximum Gasteiger partial charge on any atom is 0.232 e. The number of piperidine rings is 1. The van der Waals surface area contributed by atoms with Crippen molar-refractivity contribution in [2.45, 2.75) is 31.6 Å². The van der Waals surface area contributed by atoms with E-state index in [1.54, 1.807) is 0 Å². The van der Waals surface area contributed by atoms with E-state index < -0.39 is 0 Å². The molecular formula is C17H20N2O2. The zero-order chi connectivity index (χ0) is 14.4. The summed E-state index contributed by atoms with van der Waals surface area (Å²) in [6.45, 7) is 1.62. The van der Waals surface area contributed by atoms with Crippen molar-refractivity contribution < 1.29 is 9.59 Å². The highest BCUT2D eigenvalue weighted by Gasteiger charge is 2.40. The molecule has 1 aliphatic carbocycles. The van der Waals surface area contributed by atoms with Gasteiger partial charge in [-0.3, -0.25) is 9.59 Å². The maximum absolute atomic E-state index is 12.3. The van der Waals surface area contributed by atoms with Crippen LogP contribution < -0.4 is 5.32 Å². The molecule has 21 heavy (non-hydrogen) atoms. The Balaban J connectivity index is 1.46. The molecule has 1 saturated heterocycles. The third-order valence-electron chi connectivity index (χ3n) is 5.09. The minimum absolute atomic E-state index is 0.0284. The lowest BCUT2D eigenvalue weighted by Gasteiger charge is -2.34. The number of anilines is 1. The van der Waals surface area contributed by atoms with Crippen molar-refractivity contribution in [2.24, 2.45) is 11.8 Å². The molecule has 0 aromatic heterocycles. The number of hydrogen-bond acceptors (Lipinski definition) is 2. The number of fused-ring (bicyclic) bond motifs is 1. The second kappa shape index (κ2) is 4.86. The van der Waals surface area contributed by atoms with Crippen LogP contribution in [0.15, 0.2) is 24.3 Å². The fraction of sp³-hybridized carbons (Fsp3) is 0.529. The highest BCUT2D eigenvalue weighted by Crippen LogP contribution is 2.41. The Kier molecular flexibility index (Phi) is 2.98. The molecule has 1 aromatic carbocycles. The number of likely N-dealkylation sites (tertiary alicyclic amines) is 1. The standard InChI is InChI=1S/C17H20N2O2/c20-16-15(13-3-1-2-4-14(13)18-16)11-7-9-19(10-8-11)17(21)12-5-6-12/h1-4,11-12,15H,5-10H2,(H,18,20). The molecule has 1 atom stereocenters. The zero-order valence-electron chi connectivity index (χ0n) is 12.0. The van der Waals surface area contributed by atoms with Gasteiger partial charge in [-0.2, -0.15) is 0 Å². The highest BCUT2D eigenvalue weighted by atomic mass is 16.2. The minimum Gasteiger partial charge on any atom is -0.342 e. The van der Waals surface area contributed by atoms with E-state index >= 15 is 0 Å². The third-order valence-corrected chi connectivity index (χ3v) is 5.09. The summed E-state index contributed by atoms with van der Waals surface area (Å²) in [5.74, 6) is 1.10. The number of benzene rings is 1. The Morgan fingerprint density at radius 2 is 1.81 bits per heavy atom. The average Bonchev–Trinajstić information content (AvgIpc) is 3.29. The van der Waals surface area contributed by atoms with Crippen molar-refractivity contribution in [3.8, 4) is 0 Å². The molecular weight excluding hydrogens is 264 g/mol. The van der Waals surface area contributed by atoms with Crippen molar-refractivity contribution in [1.82, 2.24) is 4.90 Å². The molecule has 0 spiro atoms. The van der Waals surface area contributed by atoms with Gasteiger partial charge >= 0.3 is 0 Å². The lowest BCUT2D eigenvalue weighted by atomic mass is 9.80. The van der Waals surface area contributed by atoms with Gasteiger partial charge in [-0.1, -0.05) is 18.2 Å². The number of hydrogen-bond donors (Lipinski definition) is 1. The summed E-state index contributed by atoms with van der Waals surface area (Å²) in [5.41, 5.74) is 2.10. The number of carbonyl (C=O) groups is 2. The smallest absolute Gasteiger partial charge is 0.232 e. The van der Waals surface area contributed by atoms with Gasteiger partial charge in [0.15, 0.2) is 0 Å². The van der Waals surface area contributed by atoms with Crippen LogP contribution in [0.4, 0.5) is 5.69 Å². The molecule has 4 nitrogen and oxygen atoms in total. The van der Waals surface area contributed by atoms with Gasteiger partial charge in [-0.05, 0) is 43.2 Å². The van der Waals surface area contributed by atoms with Crippen LogP contribution in [0.25, 0.3) is 0 Å². The van der Waals surface area contributed by atoms with Crippen LogP contribution in [0.5, 0.6) is 0 Å². The number of nitrogens with one attached hydrogen (secondary N) is 1. The van der Waals surface area contributed by atoms with E-state index in [2.05, 4.69) is 11.4 Å². The number of nitrogens with zero attached hydrogens (tertiary/aromatic N) is 1. The van der Waals surface area contributed by atoms with E-state index in [1.807, 2.05) is 23.1 Å². The predicted octanol–water partition coefficient (Wildman–Crippen LogP) is 2.37. The Hall–Kier alpha value is -1.84. The number of carbonyl (C=O) groups excluding carboxylic acids is 2. The quantitative estimate of drug-likeness (QED) is 0.906. The van der Waals surface area contributed by atoms with Crippen molar-refractivity contribution in [3.63, 3.8) is 0 Å². The summed E-state index contributed by atoms with van der Waals surface area (Å²) in [6, 6.07) is 7.98. The van der Waals surface area contributed by atoms with E-state index in [0.717, 1.165) is 50.0 Å². The summed E-state index contributed by atoms with van der Waals surface area (Å²) < 4.78 is 0. The van der Waals surface area contributed by atoms with E-state index in [0.29, 0.717) is 17.7 Å². The maximum atomic E-state index is 12.3. The lowest BCUT2D eigenvalue weighted by molar-refractivity contribution is -0.134. The molecule has 2 fully saturated rings. The van der Waals surface area contributed by atoms with Crippen LogP contribution in [0.2, 0.25) is 0 Å². The van der Waals surface area contributed by atoms with E-state index in [-0.39, 0.29) is 11.8 Å². The number of para-hydroxylation sites is 1. The molecule has 110 valence electrons. The van der Waals surface area contributed by atoms with Crippen molar-refractivity contribution in [2.75, 3.05) is 18.4 Å². The molecule has 3 aliphatic rings. The van der Waals surface area contributed by atoms with E-state index in [1.165, 1.54) is 0 Å². The monoisotopic (exact) mass is 284 g/mol. The lowest BCUT2D eigenvalue weighted by Crippen LogP contribution is -2.41. The van der Waals surface area contributed by atoms with Gasteiger partial charge in [0.05, 0.1) is 5.92 Å². The minimum atomic E-state index is -0.0284. The summed E-state index contributed by atoms with van der Waals surface area (Å²) in [4.78, 5) is 26.4. The van der Waals surface area contributed by atoms with Crippen molar-refractivity contribution in [3.05, 3.63) is 29.8 Å². The first-order chi connectivity index (χ1) is 10.2. The third kappa shape index (κ3) is 2.23. The Morgan fingerprint density at radius 3 is 2.52 bits per heavy atom. The summed E-state index contributed by atoms with van der Waals surface area (Å²) in [7, 11) is 0. The Bertz CT molecular complexity index is 586. The molecule has 1 N–H and O–H groups in total. The van der Waals surface area contributed by atoms with Gasteiger partial charge in [0.2, 0.25) is 11.8 Å². The topological polar surface area (TPSA) is 49.4 Å². The van der Waals surface area contributed by atoms with Crippen LogP contribution in [-0.2, 0) is 9.59 Å². The summed E-state index contributed by atoms with van der Waals surface area (Å²) >= 11 is 0. The molecule has 2 aliphatic heterocycles. The van der Waals surface area contributed by atoms with E-state index in [4.69, 9.17) is 0 Å². The highest BCUT2D eigenvalue weighted by molar-refractivity contribution is 6.03. The second-order valence-electron chi connectivity index (χ2n) is 6.49. The fourth-order valence-electron chi connectivity index (χ4n) is 3.74. The second-order valence-corrected chi connectivity index (χ2v) is 6.49. The van der Waals surface area contributed by atoms with E-state index in [9.17, 15) is 9.59 Å². The Labute approximate surface area is 124 Å². The van der Waals surface area contributed by atoms with Crippen molar-refractivity contribution >= 4 is 17.5 Å². The number of amides is 2. The van der Waals surface area contributed by atoms with Gasteiger partial charge in [0.1, 0.15) is 0 Å². The number of rotatable bonds is 2. The van der Waals surface area contributed by atoms with Crippen LogP contribution >= 0.6 is 0 Å². The Morgan fingerprint density at radius 1 is 1.10 bits per heavy atom. The molecule has 1 aromatic rings. The van der Waals surface area contributed by atoms with Crippen LogP contribution in [0.1, 0.15) is 37.2 Å². The fourth-order valence-corrected chi connectivity index (χ4v) is 3.74. The zero-order valence-corrected chi connectivity index (χ0v) is 12.0. The van der Waals surface area contributed by atoms with Gasteiger partial charge < -0.3 is 10.2 Å². The molecule has 4 heteroatoms. The van der Waals surface area contributed by atoms with Crippen molar-refractivity contribution in [1.29, 1.82) is 0 Å². The van der Waals surface area contributed by atoms with Gasteiger partial charge in [-0.15, -0.1) is 0 Å². The summed E-state index contributed by atoms with van der Waals surface area (Å²) in [6.07, 6.45) is 4.00. The van der Waals surface area contributed by atoms with Gasteiger partial charge in [0, 0.05) is 24.7 Å². The van der Waals surface area contributed by atoms with Crippen LogP contribution in [0, 0.1) is 11.8 Å². The molecule has 2 amide bonds. The van der Waals surface area contributed by atoms with Gasteiger partial charge in [-0.25, -0.2) is 0 Å². The van der Waals surface area contributed by atoms with Crippen LogP contribution in [0.3, 0.4) is 0 Å². The van der Waals surface area contributed by atoms with Crippen LogP contribution in [-0.4, -0.2) is 29.8 Å². The first-order valence-electron chi connectivity index (χ1n) is 7.92. The molecule has 1 unspecified atom stereocenters.